The standard InChI is InChI=1S/C14H14N2O7/c1-9(21-2)10-3-5-13(12(7-10)15(17)18)22-8-11-4-6-14(23-11)16(19)20/h3-7,9H,8H2,1-2H3. The monoisotopic (exact) mass is 322 g/mol. The Morgan fingerprint density at radius 3 is 2.48 bits per heavy atom. The van der Waals surface area contributed by atoms with Crippen molar-refractivity contribution in [3.8, 4) is 5.75 Å². The van der Waals surface area contributed by atoms with E-state index in [0.29, 0.717) is 5.56 Å². The second kappa shape index (κ2) is 6.88. The molecule has 2 rings (SSSR count). The van der Waals surface area contributed by atoms with E-state index in [1.807, 2.05) is 0 Å². The van der Waals surface area contributed by atoms with Gasteiger partial charge in [0.25, 0.3) is 0 Å². The lowest BCUT2D eigenvalue weighted by Crippen LogP contribution is -2.01. The van der Waals surface area contributed by atoms with Gasteiger partial charge in [0.05, 0.1) is 17.1 Å². The van der Waals surface area contributed by atoms with Crippen molar-refractivity contribution in [1.82, 2.24) is 0 Å². The third kappa shape index (κ3) is 3.83. The van der Waals surface area contributed by atoms with Gasteiger partial charge in [0.1, 0.15) is 17.3 Å². The van der Waals surface area contributed by atoms with Crippen molar-refractivity contribution in [3.05, 3.63) is 61.9 Å². The third-order valence-electron chi connectivity index (χ3n) is 3.20. The Morgan fingerprint density at radius 2 is 1.91 bits per heavy atom. The molecule has 0 fully saturated rings. The summed E-state index contributed by atoms with van der Waals surface area (Å²) < 4.78 is 15.4. The molecule has 2 aromatic rings. The maximum atomic E-state index is 11.2. The molecular weight excluding hydrogens is 308 g/mol. The van der Waals surface area contributed by atoms with Crippen LogP contribution in [0, 0.1) is 20.2 Å². The van der Waals surface area contributed by atoms with Gasteiger partial charge >= 0.3 is 11.6 Å². The van der Waals surface area contributed by atoms with Gasteiger partial charge in [-0.05, 0) is 24.6 Å². The van der Waals surface area contributed by atoms with Gasteiger partial charge in [-0.15, -0.1) is 0 Å². The second-order valence-corrected chi connectivity index (χ2v) is 4.65. The van der Waals surface area contributed by atoms with Crippen LogP contribution in [0.5, 0.6) is 5.75 Å². The molecule has 1 unspecified atom stereocenters. The molecule has 0 bridgehead atoms. The Kier molecular flexibility index (Phi) is 4.91. The Morgan fingerprint density at radius 1 is 1.17 bits per heavy atom. The van der Waals surface area contributed by atoms with Crippen LogP contribution in [0.1, 0.15) is 24.4 Å². The summed E-state index contributed by atoms with van der Waals surface area (Å²) >= 11 is 0. The zero-order valence-electron chi connectivity index (χ0n) is 12.4. The quantitative estimate of drug-likeness (QED) is 0.566. The van der Waals surface area contributed by atoms with E-state index in [-0.39, 0.29) is 29.9 Å². The van der Waals surface area contributed by atoms with Gasteiger partial charge < -0.3 is 13.9 Å². The fourth-order valence-corrected chi connectivity index (χ4v) is 1.88. The number of ether oxygens (including phenoxy) is 2. The summed E-state index contributed by atoms with van der Waals surface area (Å²) in [4.78, 5) is 20.5. The number of rotatable bonds is 7. The van der Waals surface area contributed by atoms with Crippen LogP contribution >= 0.6 is 0 Å². The molecule has 9 heteroatoms. The molecular formula is C14H14N2O7. The molecule has 1 heterocycles. The predicted molar refractivity (Wildman–Crippen MR) is 78.2 cm³/mol. The van der Waals surface area contributed by atoms with Crippen LogP contribution in [-0.4, -0.2) is 17.0 Å². The fraction of sp³-hybridized carbons (Fsp3) is 0.286. The summed E-state index contributed by atoms with van der Waals surface area (Å²) in [7, 11) is 1.50. The smallest absolute Gasteiger partial charge is 0.433 e. The third-order valence-corrected chi connectivity index (χ3v) is 3.20. The van der Waals surface area contributed by atoms with Crippen molar-refractivity contribution < 1.29 is 23.7 Å². The van der Waals surface area contributed by atoms with Crippen LogP contribution in [0.3, 0.4) is 0 Å². The van der Waals surface area contributed by atoms with E-state index in [1.165, 1.54) is 31.4 Å². The lowest BCUT2D eigenvalue weighted by Gasteiger charge is -2.11. The molecule has 0 amide bonds. The summed E-state index contributed by atoms with van der Waals surface area (Å²) in [5, 5.41) is 21.7. The Balaban J connectivity index is 2.18. The molecule has 23 heavy (non-hydrogen) atoms. The van der Waals surface area contributed by atoms with Gasteiger partial charge in [0.2, 0.25) is 0 Å². The Labute approximate surface area is 130 Å². The molecule has 0 spiro atoms. The first kappa shape index (κ1) is 16.4. The second-order valence-electron chi connectivity index (χ2n) is 4.65. The number of nitrogens with zero attached hydrogens (tertiary/aromatic N) is 2. The molecule has 0 N–H and O–H groups in total. The molecule has 0 aliphatic rings. The van der Waals surface area contributed by atoms with Crippen LogP contribution in [0.2, 0.25) is 0 Å². The zero-order valence-corrected chi connectivity index (χ0v) is 12.4. The van der Waals surface area contributed by atoms with Crippen LogP contribution in [-0.2, 0) is 11.3 Å². The van der Waals surface area contributed by atoms with E-state index in [2.05, 4.69) is 0 Å². The number of benzene rings is 1. The Bertz CT molecular complexity index is 726. The summed E-state index contributed by atoms with van der Waals surface area (Å²) in [6, 6.07) is 7.05. The topological polar surface area (TPSA) is 118 Å². The van der Waals surface area contributed by atoms with E-state index in [0.717, 1.165) is 0 Å². The number of nitro benzene ring substituents is 1. The van der Waals surface area contributed by atoms with Crippen LogP contribution < -0.4 is 4.74 Å². The summed E-state index contributed by atoms with van der Waals surface area (Å²) in [6.45, 7) is 1.61. The highest BCUT2D eigenvalue weighted by Gasteiger charge is 2.19. The van der Waals surface area contributed by atoms with Crippen molar-refractivity contribution in [1.29, 1.82) is 0 Å². The fourth-order valence-electron chi connectivity index (χ4n) is 1.88. The number of hydrogen-bond donors (Lipinski definition) is 0. The first-order valence-corrected chi connectivity index (χ1v) is 6.59. The largest absolute Gasteiger partial charge is 0.479 e. The van der Waals surface area contributed by atoms with Gasteiger partial charge in [-0.3, -0.25) is 20.2 Å². The highest BCUT2D eigenvalue weighted by Crippen LogP contribution is 2.31. The lowest BCUT2D eigenvalue weighted by atomic mass is 10.1. The molecule has 0 saturated heterocycles. The highest BCUT2D eigenvalue weighted by molar-refractivity contribution is 5.49. The van der Waals surface area contributed by atoms with E-state index in [4.69, 9.17) is 13.9 Å². The first-order valence-electron chi connectivity index (χ1n) is 6.59. The number of methoxy groups -OCH3 is 1. The average Bonchev–Trinajstić information content (AvgIpc) is 3.01. The van der Waals surface area contributed by atoms with Gasteiger partial charge in [0.15, 0.2) is 5.75 Å². The molecule has 0 saturated carbocycles. The normalized spacial score (nSPS) is 11.9. The summed E-state index contributed by atoms with van der Waals surface area (Å²) in [5.41, 5.74) is 0.424. The minimum Gasteiger partial charge on any atom is -0.479 e. The van der Waals surface area contributed by atoms with Crippen LogP contribution in [0.4, 0.5) is 11.6 Å². The van der Waals surface area contributed by atoms with Crippen LogP contribution in [0.25, 0.3) is 0 Å². The molecule has 9 nitrogen and oxygen atoms in total. The van der Waals surface area contributed by atoms with Crippen LogP contribution in [0.15, 0.2) is 34.7 Å². The first-order chi connectivity index (χ1) is 10.9. The SMILES string of the molecule is COC(C)c1ccc(OCc2ccc([N+](=O)[O-])o2)c([N+](=O)[O-])c1. The highest BCUT2D eigenvalue weighted by atomic mass is 16.7. The number of furan rings is 1. The molecule has 1 aromatic carbocycles. The van der Waals surface area contributed by atoms with Gasteiger partial charge in [-0.1, -0.05) is 6.07 Å². The number of hydrogen-bond acceptors (Lipinski definition) is 7. The van der Waals surface area contributed by atoms with Crippen molar-refractivity contribution in [3.63, 3.8) is 0 Å². The predicted octanol–water partition coefficient (Wildman–Crippen LogP) is 3.38. The van der Waals surface area contributed by atoms with Crippen molar-refractivity contribution in [2.45, 2.75) is 19.6 Å². The van der Waals surface area contributed by atoms with E-state index < -0.39 is 15.7 Å². The summed E-state index contributed by atoms with van der Waals surface area (Å²) in [5.74, 6) is -0.177. The molecule has 122 valence electrons. The van der Waals surface area contributed by atoms with Gasteiger partial charge in [-0.25, -0.2) is 0 Å². The Hall–Kier alpha value is -2.94. The van der Waals surface area contributed by atoms with E-state index >= 15 is 0 Å². The van der Waals surface area contributed by atoms with Crippen molar-refractivity contribution in [2.24, 2.45) is 0 Å². The molecule has 0 aliphatic carbocycles. The molecule has 0 radical (unpaired) electrons. The number of nitro groups is 2. The maximum Gasteiger partial charge on any atom is 0.433 e. The minimum absolute atomic E-state index is 0.0427. The maximum absolute atomic E-state index is 11.2. The molecule has 1 aromatic heterocycles. The minimum atomic E-state index is -0.674. The van der Waals surface area contributed by atoms with Crippen molar-refractivity contribution in [2.75, 3.05) is 7.11 Å². The van der Waals surface area contributed by atoms with E-state index in [1.54, 1.807) is 13.0 Å². The zero-order chi connectivity index (χ0) is 17.0. The molecule has 1 atom stereocenters. The summed E-state index contributed by atoms with van der Waals surface area (Å²) in [6.07, 6.45) is -0.296. The van der Waals surface area contributed by atoms with Crippen molar-refractivity contribution >= 4 is 11.6 Å². The van der Waals surface area contributed by atoms with Gasteiger partial charge in [0, 0.05) is 13.2 Å². The van der Waals surface area contributed by atoms with Gasteiger partial charge in [-0.2, -0.15) is 0 Å². The molecule has 0 aliphatic heterocycles. The average molecular weight is 322 g/mol. The van der Waals surface area contributed by atoms with E-state index in [9.17, 15) is 20.2 Å². The lowest BCUT2D eigenvalue weighted by molar-refractivity contribution is -0.402.